The lowest BCUT2D eigenvalue weighted by Crippen LogP contribution is -2.53. The summed E-state index contributed by atoms with van der Waals surface area (Å²) in [7, 11) is 0. The number of rotatable bonds is 6. The molecule has 2 aliphatic rings. The number of hydrogen-bond acceptors (Lipinski definition) is 3. The van der Waals surface area contributed by atoms with E-state index >= 15 is 0 Å². The van der Waals surface area contributed by atoms with Crippen LogP contribution in [0.3, 0.4) is 0 Å². The number of likely N-dealkylation sites (tertiary alicyclic amines) is 1. The Labute approximate surface area is 223 Å². The Balaban J connectivity index is 0.00000320. The molecule has 37 heavy (non-hydrogen) atoms. The van der Waals surface area contributed by atoms with Gasteiger partial charge in [-0.15, -0.1) is 12.4 Å². The molecular formula is C30H33ClF3NO2. The highest BCUT2D eigenvalue weighted by Gasteiger charge is 2.43. The summed E-state index contributed by atoms with van der Waals surface area (Å²) in [6.07, 6.45) is 3.24. The van der Waals surface area contributed by atoms with E-state index in [9.17, 15) is 13.2 Å². The van der Waals surface area contributed by atoms with Gasteiger partial charge >= 0.3 is 0 Å². The second-order valence-electron chi connectivity index (χ2n) is 10.0. The van der Waals surface area contributed by atoms with Gasteiger partial charge in [0.25, 0.3) is 0 Å². The molecule has 1 fully saturated rings. The van der Waals surface area contributed by atoms with Gasteiger partial charge in [-0.2, -0.15) is 0 Å². The average Bonchev–Trinajstić information content (AvgIpc) is 2.99. The molecular weight excluding hydrogens is 499 g/mol. The summed E-state index contributed by atoms with van der Waals surface area (Å²) < 4.78 is 54.2. The lowest BCUT2D eigenvalue weighted by Gasteiger charge is -2.43. The summed E-state index contributed by atoms with van der Waals surface area (Å²) in [5.41, 5.74) is 2.10. The molecule has 5 rings (SSSR count). The third kappa shape index (κ3) is 6.31. The first kappa shape index (κ1) is 27.5. The van der Waals surface area contributed by atoms with E-state index in [0.717, 1.165) is 62.0 Å². The standard InChI is InChI=1S/C30H32F3NO2.ClH/c1-21-30(35-20-24-19-27(33)10-11-29(24)36-21)12-15-34(16-13-30)14-4-9-28(22-5-2-7-25(31)17-22)23-6-3-8-26(32)18-23;/h2-3,5-8,10-11,17-19,21,28H,4,9,12-16,20H2,1H3;1H. The quantitative estimate of drug-likeness (QED) is 0.334. The fraction of sp³-hybridized carbons (Fsp3) is 0.400. The van der Waals surface area contributed by atoms with Gasteiger partial charge in [0.05, 0.1) is 6.61 Å². The summed E-state index contributed by atoms with van der Waals surface area (Å²) in [6.45, 7) is 5.04. The second kappa shape index (κ2) is 11.9. The number of piperidine rings is 1. The predicted molar refractivity (Wildman–Crippen MR) is 141 cm³/mol. The molecule has 0 N–H and O–H groups in total. The summed E-state index contributed by atoms with van der Waals surface area (Å²) in [5, 5.41) is 0. The lowest BCUT2D eigenvalue weighted by molar-refractivity contribution is -0.136. The molecule has 2 aliphatic heterocycles. The van der Waals surface area contributed by atoms with Gasteiger partial charge in [-0.05, 0) is 92.7 Å². The average molecular weight is 532 g/mol. The minimum absolute atomic E-state index is 0. The van der Waals surface area contributed by atoms with E-state index in [0.29, 0.717) is 12.4 Å². The largest absolute Gasteiger partial charge is 0.487 e. The van der Waals surface area contributed by atoms with Crippen LogP contribution in [0.5, 0.6) is 5.75 Å². The molecule has 1 saturated heterocycles. The maximum Gasteiger partial charge on any atom is 0.125 e. The zero-order valence-corrected chi connectivity index (χ0v) is 21.8. The van der Waals surface area contributed by atoms with Crippen LogP contribution in [0.1, 0.15) is 55.2 Å². The molecule has 0 aromatic heterocycles. The van der Waals surface area contributed by atoms with Crippen LogP contribution in [0, 0.1) is 17.5 Å². The molecule has 1 unspecified atom stereocenters. The molecule has 0 amide bonds. The van der Waals surface area contributed by atoms with Crippen molar-refractivity contribution in [3.05, 3.63) is 101 Å². The van der Waals surface area contributed by atoms with E-state index in [4.69, 9.17) is 9.47 Å². The number of halogens is 4. The van der Waals surface area contributed by atoms with Crippen LogP contribution >= 0.6 is 12.4 Å². The molecule has 7 heteroatoms. The Hall–Kier alpha value is -2.54. The molecule has 2 heterocycles. The first-order valence-corrected chi connectivity index (χ1v) is 12.7. The topological polar surface area (TPSA) is 21.7 Å². The van der Waals surface area contributed by atoms with Crippen LogP contribution in [0.4, 0.5) is 13.2 Å². The Morgan fingerprint density at radius 3 is 2.14 bits per heavy atom. The fourth-order valence-electron chi connectivity index (χ4n) is 5.61. The van der Waals surface area contributed by atoms with E-state index in [2.05, 4.69) is 4.90 Å². The SMILES string of the molecule is CC1Oc2ccc(F)cc2COC12CCN(CCCC(c1cccc(F)c1)c1cccc(F)c1)CC2.Cl. The van der Waals surface area contributed by atoms with E-state index in [1.54, 1.807) is 30.3 Å². The summed E-state index contributed by atoms with van der Waals surface area (Å²) in [6, 6.07) is 17.8. The normalized spacial score (nSPS) is 19.1. The summed E-state index contributed by atoms with van der Waals surface area (Å²) in [4.78, 5) is 2.42. The molecule has 1 atom stereocenters. The number of fused-ring (bicyclic) bond motifs is 1. The van der Waals surface area contributed by atoms with Gasteiger partial charge in [0, 0.05) is 24.6 Å². The molecule has 3 nitrogen and oxygen atoms in total. The van der Waals surface area contributed by atoms with Gasteiger partial charge in [-0.3, -0.25) is 0 Å². The number of ether oxygens (including phenoxy) is 2. The van der Waals surface area contributed by atoms with Crippen molar-refractivity contribution < 1.29 is 22.6 Å². The molecule has 3 aromatic rings. The number of benzene rings is 3. The highest BCUT2D eigenvalue weighted by atomic mass is 35.5. The summed E-state index contributed by atoms with van der Waals surface area (Å²) >= 11 is 0. The first-order valence-electron chi connectivity index (χ1n) is 12.7. The van der Waals surface area contributed by atoms with Crippen molar-refractivity contribution in [1.82, 2.24) is 4.90 Å². The molecule has 1 spiro atoms. The zero-order chi connectivity index (χ0) is 25.1. The summed E-state index contributed by atoms with van der Waals surface area (Å²) in [5.74, 6) is -0.206. The van der Waals surface area contributed by atoms with Crippen molar-refractivity contribution in [2.45, 2.75) is 56.8 Å². The van der Waals surface area contributed by atoms with Crippen molar-refractivity contribution in [2.75, 3.05) is 19.6 Å². The fourth-order valence-corrected chi connectivity index (χ4v) is 5.61. The van der Waals surface area contributed by atoms with Crippen LogP contribution in [0.25, 0.3) is 0 Å². The van der Waals surface area contributed by atoms with Crippen molar-refractivity contribution in [2.24, 2.45) is 0 Å². The minimum atomic E-state index is -0.391. The van der Waals surface area contributed by atoms with Gasteiger partial charge in [0.15, 0.2) is 0 Å². The molecule has 0 radical (unpaired) electrons. The van der Waals surface area contributed by atoms with Crippen molar-refractivity contribution in [3.8, 4) is 5.75 Å². The zero-order valence-electron chi connectivity index (χ0n) is 21.0. The number of nitrogens with zero attached hydrogens (tertiary/aromatic N) is 1. The Morgan fingerprint density at radius 2 is 1.51 bits per heavy atom. The maximum atomic E-state index is 14.0. The lowest BCUT2D eigenvalue weighted by atomic mass is 9.85. The maximum absolute atomic E-state index is 14.0. The highest BCUT2D eigenvalue weighted by molar-refractivity contribution is 5.85. The Kier molecular flexibility index (Phi) is 8.83. The van der Waals surface area contributed by atoms with Gasteiger partial charge in [0.2, 0.25) is 0 Å². The van der Waals surface area contributed by atoms with Gasteiger partial charge in [-0.1, -0.05) is 24.3 Å². The Bertz CT molecular complexity index is 1150. The second-order valence-corrected chi connectivity index (χ2v) is 10.0. The van der Waals surface area contributed by atoms with Crippen molar-refractivity contribution >= 4 is 12.4 Å². The van der Waals surface area contributed by atoms with Crippen LogP contribution in [0.15, 0.2) is 66.7 Å². The molecule has 198 valence electrons. The minimum Gasteiger partial charge on any atom is -0.487 e. The van der Waals surface area contributed by atoms with E-state index < -0.39 is 5.60 Å². The Morgan fingerprint density at radius 1 is 0.892 bits per heavy atom. The van der Waals surface area contributed by atoms with Crippen LogP contribution < -0.4 is 4.74 Å². The van der Waals surface area contributed by atoms with Gasteiger partial charge < -0.3 is 14.4 Å². The van der Waals surface area contributed by atoms with Crippen LogP contribution in [-0.2, 0) is 11.3 Å². The third-order valence-corrected chi connectivity index (χ3v) is 7.75. The van der Waals surface area contributed by atoms with Crippen molar-refractivity contribution in [1.29, 1.82) is 0 Å². The predicted octanol–water partition coefficient (Wildman–Crippen LogP) is 7.27. The first-order chi connectivity index (χ1) is 17.4. The van der Waals surface area contributed by atoms with E-state index in [-0.39, 0.29) is 41.9 Å². The van der Waals surface area contributed by atoms with Crippen LogP contribution in [-0.4, -0.2) is 36.2 Å². The van der Waals surface area contributed by atoms with Gasteiger partial charge in [-0.25, -0.2) is 13.2 Å². The van der Waals surface area contributed by atoms with Crippen LogP contribution in [0.2, 0.25) is 0 Å². The van der Waals surface area contributed by atoms with Gasteiger partial charge in [0.1, 0.15) is 34.9 Å². The number of hydrogen-bond donors (Lipinski definition) is 0. The van der Waals surface area contributed by atoms with E-state index in [1.165, 1.54) is 24.3 Å². The smallest absolute Gasteiger partial charge is 0.125 e. The molecule has 0 saturated carbocycles. The molecule has 0 bridgehead atoms. The van der Waals surface area contributed by atoms with Crippen molar-refractivity contribution in [3.63, 3.8) is 0 Å². The van der Waals surface area contributed by atoms with E-state index in [1.807, 2.05) is 19.1 Å². The third-order valence-electron chi connectivity index (χ3n) is 7.75. The monoisotopic (exact) mass is 531 g/mol. The molecule has 0 aliphatic carbocycles. The molecule has 3 aromatic carbocycles. The highest BCUT2D eigenvalue weighted by Crippen LogP contribution is 2.38.